The third-order valence-corrected chi connectivity index (χ3v) is 8.12. The van der Waals surface area contributed by atoms with Gasteiger partial charge in [0.2, 0.25) is 0 Å². The Morgan fingerprint density at radius 1 is 0.548 bits per heavy atom. The molecular formula is C32H28N6O4. The maximum Gasteiger partial charge on any atom is 0.325 e. The van der Waals surface area contributed by atoms with Gasteiger partial charge in [0.1, 0.15) is 12.1 Å². The second kappa shape index (κ2) is 10.2. The Morgan fingerprint density at radius 2 is 0.952 bits per heavy atom. The first-order chi connectivity index (χ1) is 20.4. The van der Waals surface area contributed by atoms with Crippen LogP contribution >= 0.6 is 0 Å². The third-order valence-electron chi connectivity index (χ3n) is 8.12. The number of rotatable bonds is 8. The quantitative estimate of drug-likeness (QED) is 0.214. The number of urea groups is 2. The van der Waals surface area contributed by atoms with E-state index in [2.05, 4.69) is 20.6 Å². The van der Waals surface area contributed by atoms with E-state index in [1.807, 2.05) is 85.2 Å². The Balaban J connectivity index is 0.977. The fourth-order valence-electron chi connectivity index (χ4n) is 5.89. The van der Waals surface area contributed by atoms with Gasteiger partial charge in [-0.15, -0.1) is 0 Å². The Kier molecular flexibility index (Phi) is 6.23. The zero-order valence-corrected chi connectivity index (χ0v) is 22.6. The molecule has 42 heavy (non-hydrogen) atoms. The van der Waals surface area contributed by atoms with Crippen molar-refractivity contribution in [2.75, 3.05) is 0 Å². The van der Waals surface area contributed by atoms with Crippen LogP contribution in [0, 0.1) is 0 Å². The minimum absolute atomic E-state index is 0.130. The first-order valence-corrected chi connectivity index (χ1v) is 13.9. The molecule has 2 atom stereocenters. The van der Waals surface area contributed by atoms with E-state index in [9.17, 15) is 19.2 Å². The van der Waals surface area contributed by atoms with Gasteiger partial charge in [0.25, 0.3) is 11.8 Å². The number of hydrogen-bond acceptors (Lipinski definition) is 4. The second-order valence-corrected chi connectivity index (χ2v) is 10.8. The highest BCUT2D eigenvalue weighted by molar-refractivity contribution is 6.05. The van der Waals surface area contributed by atoms with Gasteiger partial charge < -0.3 is 20.6 Å². The van der Waals surface area contributed by atoms with E-state index in [1.165, 1.54) is 9.80 Å². The Labute approximate surface area is 240 Å². The standard InChI is InChI=1S/C32H28N6O4/c39-29-27(13-21-15-33-25-7-3-1-5-23(21)25)35-31(41)37(29)17-19-9-11-20(12-10-19)18-38-30(40)28(36-32(38)42)14-22-16-34-26-8-4-2-6-24(22)26/h1-12,15-16,27-28,33-34H,13-14,17-18H2,(H,35,41)(H,36,42). The largest absolute Gasteiger partial charge is 0.361 e. The smallest absolute Gasteiger partial charge is 0.325 e. The number of imide groups is 2. The van der Waals surface area contributed by atoms with E-state index in [0.717, 1.165) is 44.1 Å². The molecule has 210 valence electrons. The summed E-state index contributed by atoms with van der Waals surface area (Å²) in [4.78, 5) is 60.4. The van der Waals surface area contributed by atoms with E-state index in [-0.39, 0.29) is 24.9 Å². The molecule has 4 heterocycles. The number of nitrogens with zero attached hydrogens (tertiary/aromatic N) is 2. The molecule has 10 heteroatoms. The fraction of sp³-hybridized carbons (Fsp3) is 0.188. The Bertz CT molecular complexity index is 1720. The molecule has 0 bridgehead atoms. The zero-order chi connectivity index (χ0) is 28.8. The topological polar surface area (TPSA) is 130 Å². The van der Waals surface area contributed by atoms with Crippen molar-refractivity contribution in [2.24, 2.45) is 0 Å². The first kappa shape index (κ1) is 25.6. The van der Waals surface area contributed by atoms with Gasteiger partial charge in [-0.3, -0.25) is 19.4 Å². The van der Waals surface area contributed by atoms with Crippen molar-refractivity contribution >= 4 is 45.7 Å². The van der Waals surface area contributed by atoms with Crippen molar-refractivity contribution in [1.82, 2.24) is 30.4 Å². The maximum absolute atomic E-state index is 13.1. The summed E-state index contributed by atoms with van der Waals surface area (Å²) in [7, 11) is 0. The molecule has 5 aromatic rings. The van der Waals surface area contributed by atoms with Crippen LogP contribution in [-0.2, 0) is 35.5 Å². The maximum atomic E-state index is 13.1. The van der Waals surface area contributed by atoms with E-state index >= 15 is 0 Å². The van der Waals surface area contributed by atoms with Gasteiger partial charge in [-0.1, -0.05) is 60.7 Å². The predicted octanol–water partition coefficient (Wildman–Crippen LogP) is 3.98. The lowest BCUT2D eigenvalue weighted by atomic mass is 10.0. The summed E-state index contributed by atoms with van der Waals surface area (Å²) < 4.78 is 0. The molecule has 0 saturated carbocycles. The summed E-state index contributed by atoms with van der Waals surface area (Å²) in [5.41, 5.74) is 5.45. The number of carbonyl (C=O) groups excluding carboxylic acids is 4. The summed E-state index contributed by atoms with van der Waals surface area (Å²) in [6, 6.07) is 20.8. The number of H-pyrrole nitrogens is 2. The van der Waals surface area contributed by atoms with Gasteiger partial charge in [0.15, 0.2) is 0 Å². The van der Waals surface area contributed by atoms with Crippen molar-refractivity contribution in [3.05, 3.63) is 107 Å². The molecule has 2 unspecified atom stereocenters. The molecule has 7 rings (SSSR count). The number of nitrogens with one attached hydrogen (secondary N) is 4. The lowest BCUT2D eigenvalue weighted by Crippen LogP contribution is -2.32. The number of fused-ring (bicyclic) bond motifs is 2. The lowest BCUT2D eigenvalue weighted by Gasteiger charge is -2.15. The van der Waals surface area contributed by atoms with Crippen molar-refractivity contribution in [3.63, 3.8) is 0 Å². The molecule has 2 aromatic heterocycles. The van der Waals surface area contributed by atoms with Crippen LogP contribution in [0.3, 0.4) is 0 Å². The second-order valence-electron chi connectivity index (χ2n) is 10.8. The summed E-state index contributed by atoms with van der Waals surface area (Å²) >= 11 is 0. The monoisotopic (exact) mass is 560 g/mol. The first-order valence-electron chi connectivity index (χ1n) is 13.9. The SMILES string of the molecule is O=C1NC(Cc2c[nH]c3ccccc23)C(=O)N1Cc1ccc(CN2C(=O)NC(Cc3c[nH]c4ccccc34)C2=O)cc1. The van der Waals surface area contributed by atoms with Gasteiger partial charge in [-0.25, -0.2) is 9.59 Å². The molecule has 2 aliphatic heterocycles. The molecule has 6 amide bonds. The van der Waals surface area contributed by atoms with Crippen LogP contribution in [0.4, 0.5) is 9.59 Å². The van der Waals surface area contributed by atoms with Crippen LogP contribution in [-0.4, -0.2) is 55.7 Å². The molecule has 2 saturated heterocycles. The molecule has 3 aromatic carbocycles. The number of hydrogen-bond donors (Lipinski definition) is 4. The Morgan fingerprint density at radius 3 is 1.38 bits per heavy atom. The van der Waals surface area contributed by atoms with E-state index < -0.39 is 24.1 Å². The highest BCUT2D eigenvalue weighted by atomic mass is 16.2. The molecule has 0 spiro atoms. The zero-order valence-electron chi connectivity index (χ0n) is 22.6. The van der Waals surface area contributed by atoms with Crippen LogP contribution < -0.4 is 10.6 Å². The minimum Gasteiger partial charge on any atom is -0.361 e. The highest BCUT2D eigenvalue weighted by Crippen LogP contribution is 2.24. The highest BCUT2D eigenvalue weighted by Gasteiger charge is 2.39. The van der Waals surface area contributed by atoms with Gasteiger partial charge >= 0.3 is 12.1 Å². The van der Waals surface area contributed by atoms with Gasteiger partial charge in [-0.05, 0) is 34.4 Å². The number of aromatic nitrogens is 2. The molecule has 0 aliphatic carbocycles. The van der Waals surface area contributed by atoms with Crippen molar-refractivity contribution in [2.45, 2.75) is 38.0 Å². The van der Waals surface area contributed by atoms with Crippen molar-refractivity contribution in [3.8, 4) is 0 Å². The van der Waals surface area contributed by atoms with E-state index in [4.69, 9.17) is 0 Å². The van der Waals surface area contributed by atoms with Crippen LogP contribution in [0.1, 0.15) is 22.3 Å². The third kappa shape index (κ3) is 4.56. The molecule has 2 fully saturated rings. The van der Waals surface area contributed by atoms with E-state index in [0.29, 0.717) is 12.8 Å². The number of para-hydroxylation sites is 2. The van der Waals surface area contributed by atoms with Crippen molar-refractivity contribution < 1.29 is 19.2 Å². The Hall–Kier alpha value is -5.38. The molecule has 4 N–H and O–H groups in total. The molecule has 2 aliphatic rings. The number of aromatic amines is 2. The summed E-state index contributed by atoms with van der Waals surface area (Å²) in [5.74, 6) is -0.537. The lowest BCUT2D eigenvalue weighted by molar-refractivity contribution is -0.128. The predicted molar refractivity (Wildman–Crippen MR) is 156 cm³/mol. The summed E-state index contributed by atoms with van der Waals surface area (Å²) in [5, 5.41) is 7.68. The molecular weight excluding hydrogens is 532 g/mol. The molecule has 0 radical (unpaired) electrons. The van der Waals surface area contributed by atoms with Crippen LogP contribution in [0.2, 0.25) is 0 Å². The molecule has 10 nitrogen and oxygen atoms in total. The number of amides is 6. The van der Waals surface area contributed by atoms with E-state index in [1.54, 1.807) is 0 Å². The van der Waals surface area contributed by atoms with Gasteiger partial charge in [0.05, 0.1) is 13.1 Å². The fourth-order valence-corrected chi connectivity index (χ4v) is 5.89. The van der Waals surface area contributed by atoms with Crippen LogP contribution in [0.25, 0.3) is 21.8 Å². The summed E-state index contributed by atoms with van der Waals surface area (Å²) in [6.45, 7) is 0.260. The summed E-state index contributed by atoms with van der Waals surface area (Å²) in [6.07, 6.45) is 4.55. The number of benzene rings is 3. The van der Waals surface area contributed by atoms with Gasteiger partial charge in [0, 0.05) is 47.0 Å². The van der Waals surface area contributed by atoms with Crippen LogP contribution in [0.5, 0.6) is 0 Å². The van der Waals surface area contributed by atoms with Gasteiger partial charge in [-0.2, -0.15) is 0 Å². The normalized spacial score (nSPS) is 18.9. The van der Waals surface area contributed by atoms with Crippen LogP contribution in [0.15, 0.2) is 85.2 Å². The average molecular weight is 561 g/mol. The number of carbonyl (C=O) groups is 4. The van der Waals surface area contributed by atoms with Crippen molar-refractivity contribution in [1.29, 1.82) is 0 Å². The minimum atomic E-state index is -0.632. The average Bonchev–Trinajstić information content (AvgIpc) is 3.74.